The number of nitrogens with zero attached hydrogens (tertiary/aromatic N) is 6. The summed E-state index contributed by atoms with van der Waals surface area (Å²) in [4.78, 5) is 25.4. The molecule has 10 heteroatoms. The normalized spacial score (nSPS) is 11.0. The highest BCUT2D eigenvalue weighted by Gasteiger charge is 2.22. The predicted octanol–water partition coefficient (Wildman–Crippen LogP) is 3.71. The van der Waals surface area contributed by atoms with Gasteiger partial charge < -0.3 is 4.90 Å². The topological polar surface area (TPSA) is 99.1 Å². The average molecular weight is 475 g/mol. The first kappa shape index (κ1) is 21.7. The van der Waals surface area contributed by atoms with Crippen LogP contribution in [-0.2, 0) is 19.6 Å². The summed E-state index contributed by atoms with van der Waals surface area (Å²) in [5.74, 6) is -0.119. The molecule has 0 unspecified atom stereocenters. The summed E-state index contributed by atoms with van der Waals surface area (Å²) in [6, 6.07) is 7.25. The van der Waals surface area contributed by atoms with Crippen LogP contribution in [0, 0.1) is 24.0 Å². The minimum atomic E-state index is -0.414. The number of aryl methyl sites for hydroxylation is 2. The van der Waals surface area contributed by atoms with Crippen LogP contribution < -0.4 is 0 Å². The Morgan fingerprint density at radius 2 is 2.03 bits per heavy atom. The molecule has 0 aliphatic rings. The van der Waals surface area contributed by atoms with Crippen molar-refractivity contribution < 1.29 is 9.72 Å². The molecule has 2 aromatic heterocycles. The van der Waals surface area contributed by atoms with Crippen LogP contribution in [0.4, 0.5) is 5.69 Å². The van der Waals surface area contributed by atoms with Crippen molar-refractivity contribution in [3.63, 3.8) is 0 Å². The first-order valence-corrected chi connectivity index (χ1v) is 10.2. The van der Waals surface area contributed by atoms with Gasteiger partial charge in [0.15, 0.2) is 0 Å². The van der Waals surface area contributed by atoms with E-state index in [1.807, 2.05) is 23.7 Å². The smallest absolute Gasteiger partial charge is 0.312 e. The molecule has 1 amide bonds. The van der Waals surface area contributed by atoms with Crippen LogP contribution in [-0.4, -0.2) is 42.3 Å². The Balaban J connectivity index is 1.80. The molecule has 0 fully saturated rings. The second-order valence-electron chi connectivity index (χ2n) is 7.05. The first-order chi connectivity index (χ1) is 14.2. The quantitative estimate of drug-likeness (QED) is 0.383. The minimum absolute atomic E-state index is 0.0278. The molecular formula is C20H23BrN6O3. The summed E-state index contributed by atoms with van der Waals surface area (Å²) >= 11 is 3.49. The van der Waals surface area contributed by atoms with E-state index in [1.54, 1.807) is 48.8 Å². The third kappa shape index (κ3) is 4.28. The number of amides is 1. The van der Waals surface area contributed by atoms with Crippen molar-refractivity contribution in [3.05, 3.63) is 73.3 Å². The Morgan fingerprint density at radius 3 is 2.67 bits per heavy atom. The lowest BCUT2D eigenvalue weighted by Gasteiger charge is -2.19. The van der Waals surface area contributed by atoms with E-state index in [1.165, 1.54) is 0 Å². The summed E-state index contributed by atoms with van der Waals surface area (Å²) in [6.45, 7) is 6.77. The second-order valence-corrected chi connectivity index (χ2v) is 7.91. The Hall–Kier alpha value is -3.01. The van der Waals surface area contributed by atoms with Crippen LogP contribution in [0.2, 0.25) is 0 Å². The van der Waals surface area contributed by atoms with Gasteiger partial charge in [0, 0.05) is 19.2 Å². The summed E-state index contributed by atoms with van der Waals surface area (Å²) in [5, 5.41) is 19.8. The van der Waals surface area contributed by atoms with Crippen LogP contribution in [0.5, 0.6) is 0 Å². The van der Waals surface area contributed by atoms with Gasteiger partial charge in [0.2, 0.25) is 0 Å². The highest BCUT2D eigenvalue weighted by molar-refractivity contribution is 9.10. The van der Waals surface area contributed by atoms with E-state index in [2.05, 4.69) is 26.1 Å². The lowest BCUT2D eigenvalue weighted by molar-refractivity contribution is -0.386. The number of hydrogen-bond acceptors (Lipinski definition) is 5. The molecule has 0 bridgehead atoms. The molecule has 0 saturated carbocycles. The van der Waals surface area contributed by atoms with E-state index in [-0.39, 0.29) is 11.6 Å². The van der Waals surface area contributed by atoms with E-state index >= 15 is 0 Å². The van der Waals surface area contributed by atoms with Crippen LogP contribution >= 0.6 is 15.9 Å². The molecule has 30 heavy (non-hydrogen) atoms. The van der Waals surface area contributed by atoms with Gasteiger partial charge in [0.1, 0.15) is 11.4 Å². The zero-order valence-electron chi connectivity index (χ0n) is 17.3. The molecule has 0 saturated heterocycles. The largest absolute Gasteiger partial charge is 0.336 e. The van der Waals surface area contributed by atoms with Gasteiger partial charge >= 0.3 is 5.69 Å². The van der Waals surface area contributed by atoms with Gasteiger partial charge in [-0.2, -0.15) is 10.2 Å². The fourth-order valence-electron chi connectivity index (χ4n) is 3.42. The number of carbonyl (C=O) groups is 1. The summed E-state index contributed by atoms with van der Waals surface area (Å²) < 4.78 is 4.31. The van der Waals surface area contributed by atoms with Crippen LogP contribution in [0.1, 0.15) is 39.9 Å². The zero-order chi connectivity index (χ0) is 22.0. The molecule has 0 atom stereocenters. The Morgan fingerprint density at radius 1 is 1.30 bits per heavy atom. The van der Waals surface area contributed by atoms with Gasteiger partial charge in [-0.1, -0.05) is 12.1 Å². The number of hydrogen-bond donors (Lipinski definition) is 0. The van der Waals surface area contributed by atoms with Crippen LogP contribution in [0.25, 0.3) is 0 Å². The fraction of sp³-hybridized carbons (Fsp3) is 0.350. The predicted molar refractivity (Wildman–Crippen MR) is 115 cm³/mol. The summed E-state index contributed by atoms with van der Waals surface area (Å²) in [6.07, 6.45) is 1.73. The maximum atomic E-state index is 13.0. The highest BCUT2D eigenvalue weighted by atomic mass is 79.9. The third-order valence-electron chi connectivity index (χ3n) is 4.96. The van der Waals surface area contributed by atoms with Gasteiger partial charge in [0.25, 0.3) is 5.91 Å². The van der Waals surface area contributed by atoms with E-state index in [0.717, 1.165) is 15.7 Å². The van der Waals surface area contributed by atoms with Gasteiger partial charge in [-0.3, -0.25) is 24.3 Å². The van der Waals surface area contributed by atoms with Crippen molar-refractivity contribution in [1.82, 2.24) is 24.5 Å². The Bertz CT molecular complexity index is 1100. The van der Waals surface area contributed by atoms with Gasteiger partial charge in [-0.15, -0.1) is 0 Å². The van der Waals surface area contributed by atoms with Gasteiger partial charge in [-0.05, 0) is 54.4 Å². The Labute approximate surface area is 182 Å². The molecule has 158 valence electrons. The highest BCUT2D eigenvalue weighted by Crippen LogP contribution is 2.23. The van der Waals surface area contributed by atoms with Crippen LogP contribution in [0.15, 0.2) is 34.9 Å². The van der Waals surface area contributed by atoms with E-state index in [4.69, 9.17) is 0 Å². The van der Waals surface area contributed by atoms with Gasteiger partial charge in [0.05, 0.1) is 34.4 Å². The zero-order valence-corrected chi connectivity index (χ0v) is 18.9. The monoisotopic (exact) mass is 474 g/mol. The molecule has 3 rings (SSSR count). The molecule has 9 nitrogen and oxygen atoms in total. The molecule has 3 aromatic rings. The summed E-state index contributed by atoms with van der Waals surface area (Å²) in [7, 11) is 1.75. The van der Waals surface area contributed by atoms with Crippen molar-refractivity contribution in [2.45, 2.75) is 40.4 Å². The summed E-state index contributed by atoms with van der Waals surface area (Å²) in [5.41, 5.74) is 3.21. The second kappa shape index (κ2) is 8.78. The lowest BCUT2D eigenvalue weighted by Crippen LogP contribution is -2.27. The lowest BCUT2D eigenvalue weighted by atomic mass is 10.1. The number of carbonyl (C=O) groups excluding carboxylic acids is 1. The number of aromatic nitrogens is 4. The van der Waals surface area contributed by atoms with Crippen molar-refractivity contribution >= 4 is 27.5 Å². The van der Waals surface area contributed by atoms with Crippen molar-refractivity contribution in [2.24, 2.45) is 0 Å². The number of rotatable bonds is 7. The molecule has 1 aromatic carbocycles. The molecule has 0 N–H and O–H groups in total. The average Bonchev–Trinajstić information content (AvgIpc) is 3.19. The SMILES string of the molecule is CCn1ncc(Br)c1CN(C)C(=O)c1cccc(Cn2nc(C)c([N+](=O)[O-])c2C)c1. The van der Waals surface area contributed by atoms with E-state index in [9.17, 15) is 14.9 Å². The molecule has 2 heterocycles. The first-order valence-electron chi connectivity index (χ1n) is 9.45. The number of halogens is 1. The van der Waals surface area contributed by atoms with Gasteiger partial charge in [-0.25, -0.2) is 0 Å². The standard InChI is InChI=1S/C20H23BrN6O3/c1-5-25-18(17(21)10-22-25)12-24(4)20(28)16-8-6-7-15(9-16)11-26-14(3)19(27(29)30)13(2)23-26/h6-10H,5,11-12H2,1-4H3. The maximum absolute atomic E-state index is 13.0. The molecule has 0 aliphatic carbocycles. The number of benzene rings is 1. The minimum Gasteiger partial charge on any atom is -0.336 e. The van der Waals surface area contributed by atoms with Crippen LogP contribution in [0.3, 0.4) is 0 Å². The third-order valence-corrected chi connectivity index (χ3v) is 5.63. The van der Waals surface area contributed by atoms with Crippen molar-refractivity contribution in [1.29, 1.82) is 0 Å². The molecular weight excluding hydrogens is 452 g/mol. The molecule has 0 spiro atoms. The van der Waals surface area contributed by atoms with E-state index in [0.29, 0.717) is 36.6 Å². The maximum Gasteiger partial charge on any atom is 0.312 e. The number of nitro groups is 1. The molecule has 0 radical (unpaired) electrons. The van der Waals surface area contributed by atoms with E-state index < -0.39 is 4.92 Å². The molecule has 0 aliphatic heterocycles. The fourth-order valence-corrected chi connectivity index (χ4v) is 3.84. The van der Waals surface area contributed by atoms with Crippen molar-refractivity contribution in [3.8, 4) is 0 Å². The Kier molecular flexibility index (Phi) is 6.35. The van der Waals surface area contributed by atoms with Crippen molar-refractivity contribution in [2.75, 3.05) is 7.05 Å².